The summed E-state index contributed by atoms with van der Waals surface area (Å²) < 4.78 is 5.54. The van der Waals surface area contributed by atoms with Crippen molar-refractivity contribution in [3.8, 4) is 5.75 Å². The lowest BCUT2D eigenvalue weighted by atomic mass is 10.2. The Morgan fingerprint density at radius 2 is 2.18 bits per heavy atom. The van der Waals surface area contributed by atoms with Crippen LogP contribution >= 0.6 is 0 Å². The summed E-state index contributed by atoms with van der Waals surface area (Å²) in [6, 6.07) is 6.76. The van der Waals surface area contributed by atoms with Gasteiger partial charge >= 0.3 is 0 Å². The number of nitro groups is 1. The Labute approximate surface area is 99.9 Å². The lowest BCUT2D eigenvalue weighted by Crippen LogP contribution is -2.23. The monoisotopic (exact) mass is 236 g/mol. The fourth-order valence-corrected chi connectivity index (χ4v) is 1.99. The van der Waals surface area contributed by atoms with Gasteiger partial charge in [0.25, 0.3) is 5.69 Å². The summed E-state index contributed by atoms with van der Waals surface area (Å²) in [5, 5.41) is 13.9. The number of nitrogens with one attached hydrogen (secondary N) is 1. The lowest BCUT2D eigenvalue weighted by molar-refractivity contribution is -0.384. The fourth-order valence-electron chi connectivity index (χ4n) is 1.99. The van der Waals surface area contributed by atoms with Gasteiger partial charge in [-0.05, 0) is 37.9 Å². The van der Waals surface area contributed by atoms with Gasteiger partial charge in [-0.25, -0.2) is 0 Å². The molecule has 1 saturated heterocycles. The maximum atomic E-state index is 10.5. The molecule has 5 heteroatoms. The summed E-state index contributed by atoms with van der Waals surface area (Å²) in [4.78, 5) is 10.0. The molecule has 1 fully saturated rings. The zero-order valence-electron chi connectivity index (χ0n) is 9.59. The molecule has 5 nitrogen and oxygen atoms in total. The van der Waals surface area contributed by atoms with E-state index in [2.05, 4.69) is 5.32 Å². The molecular weight excluding hydrogens is 220 g/mol. The maximum absolute atomic E-state index is 10.5. The zero-order valence-corrected chi connectivity index (χ0v) is 9.59. The SMILES string of the molecule is O=[N+]([O-])c1ccc(OCC[C@@H]2CCCN2)cc1. The largest absolute Gasteiger partial charge is 0.494 e. The molecule has 1 N–H and O–H groups in total. The third-order valence-electron chi connectivity index (χ3n) is 2.94. The van der Waals surface area contributed by atoms with E-state index >= 15 is 0 Å². The number of ether oxygens (including phenoxy) is 1. The Morgan fingerprint density at radius 1 is 1.41 bits per heavy atom. The predicted molar refractivity (Wildman–Crippen MR) is 64.2 cm³/mol. The molecule has 17 heavy (non-hydrogen) atoms. The molecule has 0 aromatic heterocycles. The van der Waals surface area contributed by atoms with E-state index in [4.69, 9.17) is 4.74 Å². The maximum Gasteiger partial charge on any atom is 0.269 e. The van der Waals surface area contributed by atoms with E-state index in [0.717, 1.165) is 13.0 Å². The average Bonchev–Trinajstić information content (AvgIpc) is 2.83. The van der Waals surface area contributed by atoms with E-state index < -0.39 is 4.92 Å². The molecule has 1 aliphatic heterocycles. The van der Waals surface area contributed by atoms with Gasteiger partial charge in [0.1, 0.15) is 5.75 Å². The lowest BCUT2D eigenvalue weighted by Gasteiger charge is -2.10. The van der Waals surface area contributed by atoms with Crippen LogP contribution in [0.2, 0.25) is 0 Å². The Kier molecular flexibility index (Phi) is 3.93. The highest BCUT2D eigenvalue weighted by molar-refractivity contribution is 5.35. The van der Waals surface area contributed by atoms with Crippen molar-refractivity contribution in [3.63, 3.8) is 0 Å². The first kappa shape index (κ1) is 11.9. The summed E-state index contributed by atoms with van der Waals surface area (Å²) in [6.45, 7) is 1.75. The first-order valence-corrected chi connectivity index (χ1v) is 5.86. The van der Waals surface area contributed by atoms with Gasteiger partial charge in [-0.2, -0.15) is 0 Å². The van der Waals surface area contributed by atoms with Gasteiger partial charge in [0.15, 0.2) is 0 Å². The molecule has 1 heterocycles. The van der Waals surface area contributed by atoms with Gasteiger partial charge in [-0.3, -0.25) is 10.1 Å². The van der Waals surface area contributed by atoms with Gasteiger partial charge < -0.3 is 10.1 Å². The summed E-state index contributed by atoms with van der Waals surface area (Å²) >= 11 is 0. The highest BCUT2D eigenvalue weighted by atomic mass is 16.6. The minimum Gasteiger partial charge on any atom is -0.494 e. The molecule has 92 valence electrons. The zero-order chi connectivity index (χ0) is 12.1. The van der Waals surface area contributed by atoms with Crippen LogP contribution in [0, 0.1) is 10.1 Å². The molecule has 1 aliphatic rings. The predicted octanol–water partition coefficient (Wildman–Crippen LogP) is 2.12. The highest BCUT2D eigenvalue weighted by Crippen LogP contribution is 2.18. The normalized spacial score (nSPS) is 19.2. The van der Waals surface area contributed by atoms with Crippen molar-refractivity contribution in [2.45, 2.75) is 25.3 Å². The number of non-ortho nitro benzene ring substituents is 1. The van der Waals surface area contributed by atoms with E-state index in [9.17, 15) is 10.1 Å². The van der Waals surface area contributed by atoms with Crippen molar-refractivity contribution in [1.82, 2.24) is 5.32 Å². The van der Waals surface area contributed by atoms with Gasteiger partial charge in [-0.15, -0.1) is 0 Å². The van der Waals surface area contributed by atoms with Crippen LogP contribution in [0.5, 0.6) is 5.75 Å². The van der Waals surface area contributed by atoms with Crippen molar-refractivity contribution in [2.24, 2.45) is 0 Å². The topological polar surface area (TPSA) is 64.4 Å². The number of hydrogen-bond acceptors (Lipinski definition) is 4. The van der Waals surface area contributed by atoms with Gasteiger partial charge in [-0.1, -0.05) is 0 Å². The van der Waals surface area contributed by atoms with Crippen LogP contribution in [0.3, 0.4) is 0 Å². The van der Waals surface area contributed by atoms with Crippen molar-refractivity contribution in [2.75, 3.05) is 13.2 Å². The molecule has 0 bridgehead atoms. The highest BCUT2D eigenvalue weighted by Gasteiger charge is 2.13. The second-order valence-corrected chi connectivity index (χ2v) is 4.18. The van der Waals surface area contributed by atoms with E-state index in [1.54, 1.807) is 12.1 Å². The number of nitrogens with zero attached hydrogens (tertiary/aromatic N) is 1. The third kappa shape index (κ3) is 3.42. The van der Waals surface area contributed by atoms with Gasteiger partial charge in [0.05, 0.1) is 11.5 Å². The molecule has 0 radical (unpaired) electrons. The minimum absolute atomic E-state index is 0.0924. The van der Waals surface area contributed by atoms with E-state index in [0.29, 0.717) is 18.4 Å². The molecule has 1 aromatic carbocycles. The Bertz CT molecular complexity index is 372. The summed E-state index contributed by atoms with van der Waals surface area (Å²) in [7, 11) is 0. The molecule has 1 atom stereocenters. The summed E-state index contributed by atoms with van der Waals surface area (Å²) in [5.74, 6) is 0.689. The molecule has 2 rings (SSSR count). The smallest absolute Gasteiger partial charge is 0.269 e. The molecule has 0 spiro atoms. The van der Waals surface area contributed by atoms with Crippen LogP contribution in [0.15, 0.2) is 24.3 Å². The Balaban J connectivity index is 1.76. The Morgan fingerprint density at radius 3 is 2.76 bits per heavy atom. The summed E-state index contributed by atoms with van der Waals surface area (Å²) in [6.07, 6.45) is 3.43. The van der Waals surface area contributed by atoms with E-state index in [1.165, 1.54) is 25.0 Å². The van der Waals surface area contributed by atoms with Crippen LogP contribution < -0.4 is 10.1 Å². The van der Waals surface area contributed by atoms with Crippen LogP contribution in [-0.2, 0) is 0 Å². The molecule has 0 amide bonds. The van der Waals surface area contributed by atoms with Crippen molar-refractivity contribution in [1.29, 1.82) is 0 Å². The molecule has 0 aliphatic carbocycles. The number of nitro benzene ring substituents is 1. The second-order valence-electron chi connectivity index (χ2n) is 4.18. The van der Waals surface area contributed by atoms with Crippen LogP contribution in [0.4, 0.5) is 5.69 Å². The van der Waals surface area contributed by atoms with Crippen molar-refractivity contribution >= 4 is 5.69 Å². The van der Waals surface area contributed by atoms with Gasteiger partial charge in [0, 0.05) is 18.2 Å². The molecule has 0 saturated carbocycles. The van der Waals surface area contributed by atoms with Crippen LogP contribution in [0.1, 0.15) is 19.3 Å². The van der Waals surface area contributed by atoms with E-state index in [1.807, 2.05) is 0 Å². The van der Waals surface area contributed by atoms with E-state index in [-0.39, 0.29) is 5.69 Å². The van der Waals surface area contributed by atoms with Gasteiger partial charge in [0.2, 0.25) is 0 Å². The Hall–Kier alpha value is -1.62. The summed E-state index contributed by atoms with van der Waals surface area (Å²) in [5.41, 5.74) is 0.0924. The minimum atomic E-state index is -0.410. The quantitative estimate of drug-likeness (QED) is 0.628. The standard InChI is InChI=1S/C12H16N2O3/c15-14(16)11-3-5-12(6-4-11)17-9-7-10-2-1-8-13-10/h3-6,10,13H,1-2,7-9H2/t10-/m0/s1. The first-order valence-electron chi connectivity index (χ1n) is 5.86. The first-order chi connectivity index (χ1) is 8.25. The second kappa shape index (κ2) is 5.63. The number of benzene rings is 1. The van der Waals surface area contributed by atoms with Crippen molar-refractivity contribution < 1.29 is 9.66 Å². The number of rotatable bonds is 5. The number of hydrogen-bond donors (Lipinski definition) is 1. The average molecular weight is 236 g/mol. The van der Waals surface area contributed by atoms with Crippen LogP contribution in [-0.4, -0.2) is 24.1 Å². The third-order valence-corrected chi connectivity index (χ3v) is 2.94. The molecule has 1 aromatic rings. The van der Waals surface area contributed by atoms with Crippen LogP contribution in [0.25, 0.3) is 0 Å². The molecule has 0 unspecified atom stereocenters. The fraction of sp³-hybridized carbons (Fsp3) is 0.500. The molecular formula is C12H16N2O3. The van der Waals surface area contributed by atoms with Crippen molar-refractivity contribution in [3.05, 3.63) is 34.4 Å².